The van der Waals surface area contributed by atoms with Crippen LogP contribution in [0.3, 0.4) is 0 Å². The smallest absolute Gasteiger partial charge is 0.303 e. The van der Waals surface area contributed by atoms with Gasteiger partial charge >= 0.3 is 5.97 Å². The van der Waals surface area contributed by atoms with Crippen LogP contribution in [0.5, 0.6) is 5.75 Å². The van der Waals surface area contributed by atoms with Gasteiger partial charge in [0.1, 0.15) is 0 Å². The van der Waals surface area contributed by atoms with Gasteiger partial charge < -0.3 is 15.2 Å². The third-order valence-corrected chi connectivity index (χ3v) is 2.05. The number of hydrogen-bond donors (Lipinski definition) is 2. The van der Waals surface area contributed by atoms with Crippen molar-refractivity contribution in [2.45, 2.75) is 12.8 Å². The van der Waals surface area contributed by atoms with Crippen molar-refractivity contribution in [3.8, 4) is 5.75 Å². The highest BCUT2D eigenvalue weighted by Gasteiger charge is 2.13. The lowest BCUT2D eigenvalue weighted by molar-refractivity contribution is -0.138. The monoisotopic (exact) mass is 259 g/mol. The second-order valence-electron chi connectivity index (χ2n) is 3.42. The first-order valence-corrected chi connectivity index (χ1v) is 4.98. The first-order chi connectivity index (χ1) is 8.43. The second kappa shape index (κ2) is 5.95. The van der Waals surface area contributed by atoms with E-state index in [2.05, 4.69) is 10.1 Å². The van der Waals surface area contributed by atoms with Crippen molar-refractivity contribution >= 4 is 17.6 Å². The van der Waals surface area contributed by atoms with E-state index in [1.807, 2.05) is 0 Å². The predicted molar refractivity (Wildman–Crippen MR) is 58.4 cm³/mol. The number of amides is 1. The van der Waals surface area contributed by atoms with Gasteiger partial charge in [0, 0.05) is 24.2 Å². The fourth-order valence-electron chi connectivity index (χ4n) is 1.27. The number of carboxylic acid groups (broad SMARTS) is 1. The van der Waals surface area contributed by atoms with Gasteiger partial charge in [-0.05, 0) is 0 Å². The molecule has 0 radical (unpaired) electrons. The summed E-state index contributed by atoms with van der Waals surface area (Å²) in [4.78, 5) is 21.5. The second-order valence-corrected chi connectivity index (χ2v) is 3.42. The van der Waals surface area contributed by atoms with Crippen molar-refractivity contribution in [3.05, 3.63) is 23.8 Å². The molecule has 1 rings (SSSR count). The molecule has 0 aliphatic carbocycles. The molecule has 18 heavy (non-hydrogen) atoms. The van der Waals surface area contributed by atoms with E-state index in [4.69, 9.17) is 5.11 Å². The Morgan fingerprint density at radius 1 is 1.28 bits per heavy atom. The Kier molecular flexibility index (Phi) is 4.59. The van der Waals surface area contributed by atoms with Crippen LogP contribution in [0.25, 0.3) is 0 Å². The largest absolute Gasteiger partial charge is 0.491 e. The summed E-state index contributed by atoms with van der Waals surface area (Å²) in [5.41, 5.74) is -0.0961. The van der Waals surface area contributed by atoms with Crippen molar-refractivity contribution in [1.82, 2.24) is 0 Å². The summed E-state index contributed by atoms with van der Waals surface area (Å²) in [5, 5.41) is 10.6. The lowest BCUT2D eigenvalue weighted by atomic mass is 10.2. The zero-order chi connectivity index (χ0) is 13.7. The minimum absolute atomic E-state index is 0.0961. The van der Waals surface area contributed by atoms with Gasteiger partial charge in [0.25, 0.3) is 0 Å². The summed E-state index contributed by atoms with van der Waals surface area (Å²) in [6.07, 6.45) is -0.627. The van der Waals surface area contributed by atoms with Crippen molar-refractivity contribution in [2.75, 3.05) is 12.4 Å². The molecule has 2 N–H and O–H groups in total. The molecular weight excluding hydrogens is 248 g/mol. The third-order valence-electron chi connectivity index (χ3n) is 2.05. The van der Waals surface area contributed by atoms with Crippen molar-refractivity contribution < 1.29 is 28.2 Å². The number of carboxylic acids is 1. The molecule has 98 valence electrons. The molecule has 0 saturated carbocycles. The number of ether oxygens (including phenoxy) is 1. The number of hydrogen-bond acceptors (Lipinski definition) is 3. The van der Waals surface area contributed by atoms with Gasteiger partial charge in [-0.1, -0.05) is 0 Å². The lowest BCUT2D eigenvalue weighted by Crippen LogP contribution is -2.13. The average molecular weight is 259 g/mol. The van der Waals surface area contributed by atoms with Crippen molar-refractivity contribution in [3.63, 3.8) is 0 Å². The molecule has 0 saturated heterocycles. The summed E-state index contributed by atoms with van der Waals surface area (Å²) in [6.45, 7) is 0. The van der Waals surface area contributed by atoms with Gasteiger partial charge in [-0.2, -0.15) is 0 Å². The van der Waals surface area contributed by atoms with E-state index in [1.54, 1.807) is 0 Å². The number of carbonyl (C=O) groups excluding carboxylic acids is 1. The highest BCUT2D eigenvalue weighted by Crippen LogP contribution is 2.25. The van der Waals surface area contributed by atoms with Gasteiger partial charge in [-0.15, -0.1) is 0 Å². The van der Waals surface area contributed by atoms with Crippen LogP contribution in [0.1, 0.15) is 12.8 Å². The minimum atomic E-state index is -1.13. The molecule has 5 nitrogen and oxygen atoms in total. The van der Waals surface area contributed by atoms with E-state index in [0.29, 0.717) is 0 Å². The van der Waals surface area contributed by atoms with Crippen LogP contribution < -0.4 is 10.1 Å². The van der Waals surface area contributed by atoms with Gasteiger partial charge in [-0.3, -0.25) is 9.59 Å². The molecule has 0 aliphatic heterocycles. The maximum Gasteiger partial charge on any atom is 0.303 e. The zero-order valence-electron chi connectivity index (χ0n) is 9.50. The Balaban J connectivity index is 2.74. The molecule has 1 aromatic carbocycles. The topological polar surface area (TPSA) is 75.6 Å². The van der Waals surface area contributed by atoms with E-state index >= 15 is 0 Å². The number of anilines is 1. The Morgan fingerprint density at radius 3 is 2.28 bits per heavy atom. The van der Waals surface area contributed by atoms with Gasteiger partial charge in [0.15, 0.2) is 17.4 Å². The fourth-order valence-corrected chi connectivity index (χ4v) is 1.27. The number of aliphatic carboxylic acids is 1. The number of carbonyl (C=O) groups is 2. The molecule has 7 heteroatoms. The van der Waals surface area contributed by atoms with Crippen LogP contribution in [-0.4, -0.2) is 24.1 Å². The molecule has 0 spiro atoms. The number of methoxy groups -OCH3 is 1. The maximum atomic E-state index is 13.3. The lowest BCUT2D eigenvalue weighted by Gasteiger charge is -2.08. The van der Waals surface area contributed by atoms with E-state index in [-0.39, 0.29) is 18.5 Å². The molecule has 1 amide bonds. The van der Waals surface area contributed by atoms with Crippen LogP contribution >= 0.6 is 0 Å². The molecule has 0 fully saturated rings. The van der Waals surface area contributed by atoms with Crippen LogP contribution in [0.4, 0.5) is 14.5 Å². The predicted octanol–water partition coefficient (Wildman–Crippen LogP) is 1.78. The van der Waals surface area contributed by atoms with Gasteiger partial charge in [-0.25, -0.2) is 8.78 Å². The van der Waals surface area contributed by atoms with Crippen molar-refractivity contribution in [1.29, 1.82) is 0 Å². The molecule has 0 heterocycles. The van der Waals surface area contributed by atoms with E-state index in [1.165, 1.54) is 0 Å². The summed E-state index contributed by atoms with van der Waals surface area (Å²) >= 11 is 0. The van der Waals surface area contributed by atoms with Crippen molar-refractivity contribution in [2.24, 2.45) is 0 Å². The number of halogens is 2. The first kappa shape index (κ1) is 13.9. The molecule has 0 unspecified atom stereocenters. The van der Waals surface area contributed by atoms with Gasteiger partial charge in [0.2, 0.25) is 5.91 Å². The summed E-state index contributed by atoms with van der Waals surface area (Å²) in [5.74, 6) is -4.21. The fraction of sp³-hybridized carbons (Fsp3) is 0.273. The van der Waals surface area contributed by atoms with E-state index in [0.717, 1.165) is 19.2 Å². The molecule has 0 aromatic heterocycles. The SMILES string of the molecule is COc1c(F)cc(NC(=O)CCC(=O)O)cc1F. The summed E-state index contributed by atoms with van der Waals surface area (Å²) in [6, 6.07) is 1.78. The summed E-state index contributed by atoms with van der Waals surface area (Å²) < 4.78 is 31.0. The number of benzene rings is 1. The Morgan fingerprint density at radius 2 is 1.83 bits per heavy atom. The average Bonchev–Trinajstić information content (AvgIpc) is 2.26. The Bertz CT molecular complexity index is 453. The summed E-state index contributed by atoms with van der Waals surface area (Å²) in [7, 11) is 1.12. The molecular formula is C11H11F2NO4. The highest BCUT2D eigenvalue weighted by atomic mass is 19.1. The normalized spacial score (nSPS) is 9.94. The minimum Gasteiger partial charge on any atom is -0.491 e. The van der Waals surface area contributed by atoms with E-state index in [9.17, 15) is 18.4 Å². The maximum absolute atomic E-state index is 13.3. The van der Waals surface area contributed by atoms with Crippen LogP contribution in [0.15, 0.2) is 12.1 Å². The molecule has 0 bridgehead atoms. The molecule has 0 aliphatic rings. The molecule has 1 aromatic rings. The zero-order valence-corrected chi connectivity index (χ0v) is 9.50. The standard InChI is InChI=1S/C11H11F2NO4/c1-18-11-7(12)4-6(5-8(11)13)14-9(15)2-3-10(16)17/h4-5H,2-3H2,1H3,(H,14,15)(H,16,17). The van der Waals surface area contributed by atoms with Crippen LogP contribution in [0.2, 0.25) is 0 Å². The Labute approximate surface area is 101 Å². The first-order valence-electron chi connectivity index (χ1n) is 4.98. The van der Waals surface area contributed by atoms with Gasteiger partial charge in [0.05, 0.1) is 13.5 Å². The number of rotatable bonds is 5. The quantitative estimate of drug-likeness (QED) is 0.845. The molecule has 0 atom stereocenters. The van der Waals surface area contributed by atoms with E-state index < -0.39 is 29.3 Å². The highest BCUT2D eigenvalue weighted by molar-refractivity contribution is 5.92. The van der Waals surface area contributed by atoms with Crippen LogP contribution in [-0.2, 0) is 9.59 Å². The third kappa shape index (κ3) is 3.69. The number of nitrogens with one attached hydrogen (secondary N) is 1. The Hall–Kier alpha value is -2.18. The van der Waals surface area contributed by atoms with Crippen LogP contribution in [0, 0.1) is 11.6 Å².